The van der Waals surface area contributed by atoms with Gasteiger partial charge in [-0.05, 0) is 53.5 Å². The Labute approximate surface area is 125 Å². The SMILES string of the molecule is CC(N[C@H](C)c1ccc(Cl)cc1)c1cc(Br)cs1. The lowest BCUT2D eigenvalue weighted by molar-refractivity contribution is 0.500. The van der Waals surface area contributed by atoms with Crippen molar-refractivity contribution in [3.05, 3.63) is 55.6 Å². The van der Waals surface area contributed by atoms with Gasteiger partial charge in [0.1, 0.15) is 0 Å². The summed E-state index contributed by atoms with van der Waals surface area (Å²) in [6, 6.07) is 10.8. The van der Waals surface area contributed by atoms with Crippen molar-refractivity contribution in [2.45, 2.75) is 25.9 Å². The van der Waals surface area contributed by atoms with Gasteiger partial charge in [0.15, 0.2) is 0 Å². The van der Waals surface area contributed by atoms with Gasteiger partial charge in [0, 0.05) is 31.8 Å². The molecule has 1 aromatic carbocycles. The molecule has 18 heavy (non-hydrogen) atoms. The van der Waals surface area contributed by atoms with Crippen molar-refractivity contribution in [1.82, 2.24) is 5.32 Å². The Hall–Kier alpha value is -0.350. The Bertz CT molecular complexity index is 509. The van der Waals surface area contributed by atoms with Crippen molar-refractivity contribution in [3.63, 3.8) is 0 Å². The maximum atomic E-state index is 5.90. The fourth-order valence-corrected chi connectivity index (χ4v) is 3.45. The molecule has 0 radical (unpaired) electrons. The summed E-state index contributed by atoms with van der Waals surface area (Å²) in [7, 11) is 0. The molecule has 0 aliphatic heterocycles. The first-order valence-electron chi connectivity index (χ1n) is 5.81. The predicted molar refractivity (Wildman–Crippen MR) is 83.4 cm³/mol. The molecule has 0 amide bonds. The Morgan fingerprint density at radius 3 is 2.39 bits per heavy atom. The van der Waals surface area contributed by atoms with Crippen molar-refractivity contribution in [3.8, 4) is 0 Å². The Morgan fingerprint density at radius 2 is 1.83 bits per heavy atom. The third-order valence-electron chi connectivity index (χ3n) is 2.88. The van der Waals surface area contributed by atoms with Crippen LogP contribution in [0.1, 0.15) is 36.4 Å². The van der Waals surface area contributed by atoms with Gasteiger partial charge >= 0.3 is 0 Å². The van der Waals surface area contributed by atoms with Gasteiger partial charge < -0.3 is 5.32 Å². The maximum Gasteiger partial charge on any atom is 0.0406 e. The second kappa shape index (κ2) is 6.20. The van der Waals surface area contributed by atoms with Crippen LogP contribution >= 0.6 is 38.9 Å². The van der Waals surface area contributed by atoms with Gasteiger partial charge in [-0.2, -0.15) is 0 Å². The van der Waals surface area contributed by atoms with Gasteiger partial charge in [-0.25, -0.2) is 0 Å². The van der Waals surface area contributed by atoms with Crippen LogP contribution in [0.3, 0.4) is 0 Å². The first-order chi connectivity index (χ1) is 8.56. The molecule has 0 spiro atoms. The van der Waals surface area contributed by atoms with Gasteiger partial charge in [-0.15, -0.1) is 11.3 Å². The minimum absolute atomic E-state index is 0.304. The van der Waals surface area contributed by atoms with E-state index in [-0.39, 0.29) is 0 Å². The van der Waals surface area contributed by atoms with E-state index in [0.717, 1.165) is 9.50 Å². The van der Waals surface area contributed by atoms with Gasteiger partial charge in [0.05, 0.1) is 0 Å². The first-order valence-corrected chi connectivity index (χ1v) is 7.87. The molecule has 0 saturated heterocycles. The number of thiophene rings is 1. The molecule has 2 aromatic rings. The second-order valence-electron chi connectivity index (χ2n) is 4.33. The molecule has 1 unspecified atom stereocenters. The number of halogens is 2. The van der Waals surface area contributed by atoms with Crippen LogP contribution in [-0.2, 0) is 0 Å². The zero-order chi connectivity index (χ0) is 13.1. The molecule has 0 aliphatic rings. The Balaban J connectivity index is 2.02. The minimum Gasteiger partial charge on any atom is -0.303 e. The van der Waals surface area contributed by atoms with Crippen molar-refractivity contribution in [1.29, 1.82) is 0 Å². The molecule has 0 bridgehead atoms. The lowest BCUT2D eigenvalue weighted by Crippen LogP contribution is -2.21. The highest BCUT2D eigenvalue weighted by Gasteiger charge is 2.12. The average molecular weight is 345 g/mol. The third-order valence-corrected chi connectivity index (χ3v) is 5.01. The summed E-state index contributed by atoms with van der Waals surface area (Å²) in [5.41, 5.74) is 1.25. The molecular formula is C14H15BrClNS. The van der Waals surface area contributed by atoms with Crippen LogP contribution in [0.2, 0.25) is 5.02 Å². The van der Waals surface area contributed by atoms with E-state index in [9.17, 15) is 0 Å². The smallest absolute Gasteiger partial charge is 0.0406 e. The van der Waals surface area contributed by atoms with Crippen molar-refractivity contribution in [2.24, 2.45) is 0 Å². The Morgan fingerprint density at radius 1 is 1.17 bits per heavy atom. The van der Waals surface area contributed by atoms with Crippen LogP contribution in [0.15, 0.2) is 40.2 Å². The van der Waals surface area contributed by atoms with Gasteiger partial charge in [-0.1, -0.05) is 23.7 Å². The van der Waals surface area contributed by atoms with E-state index in [1.54, 1.807) is 11.3 Å². The molecule has 1 aromatic heterocycles. The first kappa shape index (κ1) is 14.1. The molecule has 4 heteroatoms. The number of hydrogen-bond acceptors (Lipinski definition) is 2. The number of benzene rings is 1. The molecule has 1 heterocycles. The standard InChI is InChI=1S/C14H15BrClNS/c1-9(11-3-5-13(16)6-4-11)17-10(2)14-7-12(15)8-18-14/h3-10,17H,1-2H3/t9-,10?/m1/s1. The van der Waals surface area contributed by atoms with E-state index in [4.69, 9.17) is 11.6 Å². The van der Waals surface area contributed by atoms with Crippen molar-refractivity contribution < 1.29 is 0 Å². The van der Waals surface area contributed by atoms with Crippen LogP contribution < -0.4 is 5.32 Å². The zero-order valence-electron chi connectivity index (χ0n) is 10.3. The summed E-state index contributed by atoms with van der Waals surface area (Å²) in [4.78, 5) is 1.34. The number of nitrogens with one attached hydrogen (secondary N) is 1. The number of hydrogen-bond donors (Lipinski definition) is 1. The van der Waals surface area contributed by atoms with E-state index >= 15 is 0 Å². The lowest BCUT2D eigenvalue weighted by Gasteiger charge is -2.19. The van der Waals surface area contributed by atoms with Crippen LogP contribution in [0.5, 0.6) is 0 Å². The maximum absolute atomic E-state index is 5.90. The molecule has 2 atom stereocenters. The summed E-state index contributed by atoms with van der Waals surface area (Å²) < 4.78 is 1.15. The largest absolute Gasteiger partial charge is 0.303 e. The zero-order valence-corrected chi connectivity index (χ0v) is 13.4. The van der Waals surface area contributed by atoms with E-state index < -0.39 is 0 Å². The van der Waals surface area contributed by atoms with Crippen molar-refractivity contribution >= 4 is 38.9 Å². The van der Waals surface area contributed by atoms with Gasteiger partial charge in [0.2, 0.25) is 0 Å². The molecule has 2 rings (SSSR count). The van der Waals surface area contributed by atoms with Crippen LogP contribution in [0.4, 0.5) is 0 Å². The topological polar surface area (TPSA) is 12.0 Å². The van der Waals surface area contributed by atoms with Crippen LogP contribution in [-0.4, -0.2) is 0 Å². The summed E-state index contributed by atoms with van der Waals surface area (Å²) in [5, 5.41) is 6.48. The highest BCUT2D eigenvalue weighted by molar-refractivity contribution is 9.10. The lowest BCUT2D eigenvalue weighted by atomic mass is 10.1. The number of rotatable bonds is 4. The quantitative estimate of drug-likeness (QED) is 0.764. The fourth-order valence-electron chi connectivity index (χ4n) is 1.86. The molecule has 0 fully saturated rings. The van der Waals surface area contributed by atoms with Gasteiger partial charge in [0.25, 0.3) is 0 Å². The minimum atomic E-state index is 0.304. The van der Waals surface area contributed by atoms with Gasteiger partial charge in [-0.3, -0.25) is 0 Å². The van der Waals surface area contributed by atoms with E-state index in [0.29, 0.717) is 12.1 Å². The monoisotopic (exact) mass is 343 g/mol. The molecule has 96 valence electrons. The van der Waals surface area contributed by atoms with Crippen LogP contribution in [0, 0.1) is 0 Å². The fraction of sp³-hybridized carbons (Fsp3) is 0.286. The highest BCUT2D eigenvalue weighted by atomic mass is 79.9. The summed E-state index contributed by atoms with van der Waals surface area (Å²) in [5.74, 6) is 0. The molecule has 0 saturated carbocycles. The summed E-state index contributed by atoms with van der Waals surface area (Å²) in [6.07, 6.45) is 0. The average Bonchev–Trinajstić information content (AvgIpc) is 2.76. The molecule has 0 aliphatic carbocycles. The Kier molecular flexibility index (Phi) is 4.84. The molecule has 1 N–H and O–H groups in total. The third kappa shape index (κ3) is 3.58. The normalized spacial score (nSPS) is 14.4. The van der Waals surface area contributed by atoms with E-state index in [1.807, 2.05) is 12.1 Å². The second-order valence-corrected chi connectivity index (χ2v) is 6.62. The summed E-state index contributed by atoms with van der Waals surface area (Å²) in [6.45, 7) is 4.35. The van der Waals surface area contributed by atoms with E-state index in [1.165, 1.54) is 10.4 Å². The molecular weight excluding hydrogens is 330 g/mol. The summed E-state index contributed by atoms with van der Waals surface area (Å²) >= 11 is 11.2. The predicted octanol–water partition coefficient (Wildman–Crippen LogP) is 5.58. The molecule has 1 nitrogen and oxygen atoms in total. The highest BCUT2D eigenvalue weighted by Crippen LogP contribution is 2.27. The van der Waals surface area contributed by atoms with Crippen LogP contribution in [0.25, 0.3) is 0 Å². The van der Waals surface area contributed by atoms with E-state index in [2.05, 4.69) is 58.7 Å². The van der Waals surface area contributed by atoms with Crippen molar-refractivity contribution in [2.75, 3.05) is 0 Å².